The van der Waals surface area contributed by atoms with Gasteiger partial charge in [0.15, 0.2) is 5.82 Å². The summed E-state index contributed by atoms with van der Waals surface area (Å²) in [5, 5.41) is 9.25. The van der Waals surface area contributed by atoms with Gasteiger partial charge in [-0.25, -0.2) is 18.6 Å². The van der Waals surface area contributed by atoms with E-state index in [9.17, 15) is 9.18 Å². The number of rotatable bonds is 3. The zero-order valence-corrected chi connectivity index (χ0v) is 17.9. The number of ether oxygens (including phenoxy) is 1. The molecule has 0 saturated carbocycles. The zero-order valence-electron chi connectivity index (χ0n) is 17.2. The first-order chi connectivity index (χ1) is 15.5. The summed E-state index contributed by atoms with van der Waals surface area (Å²) < 4.78 is 36.0. The molecule has 1 aromatic heterocycles. The van der Waals surface area contributed by atoms with Crippen LogP contribution in [0.1, 0.15) is 5.56 Å². The van der Waals surface area contributed by atoms with E-state index < -0.39 is 17.7 Å². The van der Waals surface area contributed by atoms with Crippen molar-refractivity contribution in [1.82, 2.24) is 15.6 Å². The lowest BCUT2D eigenvalue weighted by Gasteiger charge is -2.34. The molecule has 5 rings (SSSR count). The van der Waals surface area contributed by atoms with Gasteiger partial charge >= 0.3 is 6.03 Å². The van der Waals surface area contributed by atoms with Gasteiger partial charge < -0.3 is 20.3 Å². The van der Waals surface area contributed by atoms with Crippen molar-refractivity contribution in [2.24, 2.45) is 0 Å². The van der Waals surface area contributed by atoms with Crippen molar-refractivity contribution < 1.29 is 18.3 Å². The molecule has 2 aliphatic rings. The summed E-state index contributed by atoms with van der Waals surface area (Å²) in [4.78, 5) is 18.5. The Morgan fingerprint density at radius 1 is 1.19 bits per heavy atom. The Hall–Kier alpha value is -3.17. The SMILES string of the molecule is COc1cccc(F)c1-c1c(Cl)cc2c(N3CCNCC3)c3c(nc2c1F)NC(=O)NC3. The van der Waals surface area contributed by atoms with Gasteiger partial charge in [0.1, 0.15) is 22.9 Å². The van der Waals surface area contributed by atoms with Crippen LogP contribution in [-0.4, -0.2) is 44.3 Å². The Morgan fingerprint density at radius 2 is 1.97 bits per heavy atom. The minimum atomic E-state index is -0.775. The molecule has 0 unspecified atom stereocenters. The van der Waals surface area contributed by atoms with E-state index in [0.29, 0.717) is 18.5 Å². The van der Waals surface area contributed by atoms with Gasteiger partial charge in [0, 0.05) is 42.7 Å². The number of hydrogen-bond donors (Lipinski definition) is 3. The van der Waals surface area contributed by atoms with E-state index in [-0.39, 0.29) is 39.8 Å². The quantitative estimate of drug-likeness (QED) is 0.554. The number of nitrogens with one attached hydrogen (secondary N) is 3. The van der Waals surface area contributed by atoms with Gasteiger partial charge in [0.05, 0.1) is 29.9 Å². The van der Waals surface area contributed by atoms with E-state index in [1.54, 1.807) is 6.07 Å². The molecule has 166 valence electrons. The molecule has 0 aliphatic carbocycles. The number of pyridine rings is 1. The van der Waals surface area contributed by atoms with Gasteiger partial charge in [-0.2, -0.15) is 0 Å². The number of methoxy groups -OCH3 is 1. The van der Waals surface area contributed by atoms with Crippen LogP contribution in [0.25, 0.3) is 22.0 Å². The first-order valence-electron chi connectivity index (χ1n) is 10.2. The second kappa shape index (κ2) is 8.07. The van der Waals surface area contributed by atoms with Crippen molar-refractivity contribution in [3.8, 4) is 16.9 Å². The summed E-state index contributed by atoms with van der Waals surface area (Å²) in [5.41, 5.74) is 1.31. The number of halogens is 3. The Balaban J connectivity index is 1.83. The first-order valence-corrected chi connectivity index (χ1v) is 10.6. The summed E-state index contributed by atoms with van der Waals surface area (Å²) in [6.45, 7) is 3.17. The lowest BCUT2D eigenvalue weighted by Crippen LogP contribution is -2.45. The van der Waals surface area contributed by atoms with Crippen LogP contribution in [0.4, 0.5) is 25.1 Å². The zero-order chi connectivity index (χ0) is 22.4. The van der Waals surface area contributed by atoms with E-state index in [0.717, 1.165) is 24.3 Å². The second-order valence-electron chi connectivity index (χ2n) is 7.59. The van der Waals surface area contributed by atoms with E-state index in [1.807, 2.05) is 0 Å². The van der Waals surface area contributed by atoms with Crippen molar-refractivity contribution >= 4 is 40.0 Å². The molecule has 2 amide bonds. The largest absolute Gasteiger partial charge is 0.496 e. The fourth-order valence-corrected chi connectivity index (χ4v) is 4.63. The molecule has 0 spiro atoms. The summed E-state index contributed by atoms with van der Waals surface area (Å²) >= 11 is 6.55. The van der Waals surface area contributed by atoms with Crippen LogP contribution in [0.5, 0.6) is 5.75 Å². The number of benzene rings is 2. The standard InChI is InChI=1S/C22H20ClF2N5O2/c1-32-15-4-2-3-14(24)17(15)16-13(23)9-11-19(18(16)25)28-21-12(10-27-22(31)29-21)20(11)30-7-5-26-6-8-30/h2-4,9,26H,5-8,10H2,1H3,(H2,27,28,29,31). The Bertz CT molecular complexity index is 1250. The van der Waals surface area contributed by atoms with Gasteiger partial charge in [0.2, 0.25) is 0 Å². The first kappa shape index (κ1) is 20.7. The molecule has 0 atom stereocenters. The number of fused-ring (bicyclic) bond motifs is 2. The van der Waals surface area contributed by atoms with E-state index in [1.165, 1.54) is 25.3 Å². The highest BCUT2D eigenvalue weighted by Crippen LogP contribution is 2.45. The number of nitrogens with zero attached hydrogens (tertiary/aromatic N) is 2. The number of urea groups is 1. The Labute approximate surface area is 187 Å². The van der Waals surface area contributed by atoms with Crippen LogP contribution in [0.3, 0.4) is 0 Å². The molecular weight excluding hydrogens is 440 g/mol. The van der Waals surface area contributed by atoms with Gasteiger partial charge in [-0.3, -0.25) is 5.32 Å². The third kappa shape index (κ3) is 3.28. The number of anilines is 2. The third-order valence-electron chi connectivity index (χ3n) is 5.78. The van der Waals surface area contributed by atoms with E-state index in [2.05, 4.69) is 25.8 Å². The lowest BCUT2D eigenvalue weighted by molar-refractivity contribution is 0.250. The maximum absolute atomic E-state index is 16.0. The van der Waals surface area contributed by atoms with Crippen molar-refractivity contribution in [2.45, 2.75) is 6.54 Å². The Kier molecular flexibility index (Phi) is 5.22. The normalized spacial score (nSPS) is 15.9. The second-order valence-corrected chi connectivity index (χ2v) is 8.00. The number of amides is 2. The molecule has 0 bridgehead atoms. The molecule has 1 saturated heterocycles. The van der Waals surface area contributed by atoms with Crippen LogP contribution >= 0.6 is 11.6 Å². The van der Waals surface area contributed by atoms with Crippen molar-refractivity contribution in [3.63, 3.8) is 0 Å². The van der Waals surface area contributed by atoms with Crippen LogP contribution in [-0.2, 0) is 6.54 Å². The molecule has 7 nitrogen and oxygen atoms in total. The predicted octanol–water partition coefficient (Wildman–Crippen LogP) is 3.89. The molecule has 3 aromatic rings. The highest BCUT2D eigenvalue weighted by molar-refractivity contribution is 6.34. The highest BCUT2D eigenvalue weighted by atomic mass is 35.5. The van der Waals surface area contributed by atoms with Crippen LogP contribution in [0.2, 0.25) is 5.02 Å². The smallest absolute Gasteiger partial charge is 0.320 e. The summed E-state index contributed by atoms with van der Waals surface area (Å²) in [6, 6.07) is 5.43. The van der Waals surface area contributed by atoms with Crippen molar-refractivity contribution in [1.29, 1.82) is 0 Å². The number of carbonyl (C=O) groups excluding carboxylic acids is 1. The molecule has 2 aliphatic heterocycles. The van der Waals surface area contributed by atoms with Gasteiger partial charge in [-0.15, -0.1) is 0 Å². The highest BCUT2D eigenvalue weighted by Gasteiger charge is 2.29. The summed E-state index contributed by atoms with van der Waals surface area (Å²) in [6.07, 6.45) is 0. The van der Waals surface area contributed by atoms with E-state index >= 15 is 4.39 Å². The van der Waals surface area contributed by atoms with Gasteiger partial charge in [-0.05, 0) is 18.2 Å². The van der Waals surface area contributed by atoms with Gasteiger partial charge in [-0.1, -0.05) is 17.7 Å². The molecule has 32 heavy (non-hydrogen) atoms. The maximum atomic E-state index is 16.0. The number of carbonyl (C=O) groups is 1. The number of aromatic nitrogens is 1. The average molecular weight is 460 g/mol. The Morgan fingerprint density at radius 3 is 2.72 bits per heavy atom. The maximum Gasteiger partial charge on any atom is 0.320 e. The molecule has 0 radical (unpaired) electrons. The minimum Gasteiger partial charge on any atom is -0.496 e. The number of piperazine rings is 1. The lowest BCUT2D eigenvalue weighted by atomic mass is 9.98. The monoisotopic (exact) mass is 459 g/mol. The fourth-order valence-electron chi connectivity index (χ4n) is 4.34. The molecule has 10 heteroatoms. The summed E-state index contributed by atoms with van der Waals surface area (Å²) in [5.74, 6) is -1.00. The average Bonchev–Trinajstić information content (AvgIpc) is 2.79. The third-order valence-corrected chi connectivity index (χ3v) is 6.08. The van der Waals surface area contributed by atoms with Crippen molar-refractivity contribution in [2.75, 3.05) is 43.5 Å². The van der Waals surface area contributed by atoms with Gasteiger partial charge in [0.25, 0.3) is 0 Å². The molecular formula is C22H20ClF2N5O2. The molecule has 1 fully saturated rings. The fraction of sp³-hybridized carbons (Fsp3) is 0.273. The molecule has 3 N–H and O–H groups in total. The molecule has 2 aromatic carbocycles. The minimum absolute atomic E-state index is 0.00388. The van der Waals surface area contributed by atoms with Crippen molar-refractivity contribution in [3.05, 3.63) is 46.5 Å². The number of hydrogen-bond acceptors (Lipinski definition) is 5. The van der Waals surface area contributed by atoms with Crippen LogP contribution < -0.4 is 25.6 Å². The van der Waals surface area contributed by atoms with Crippen LogP contribution in [0.15, 0.2) is 24.3 Å². The summed E-state index contributed by atoms with van der Waals surface area (Å²) in [7, 11) is 1.38. The molecule has 3 heterocycles. The predicted molar refractivity (Wildman–Crippen MR) is 120 cm³/mol. The van der Waals surface area contributed by atoms with Crippen LogP contribution in [0, 0.1) is 11.6 Å². The topological polar surface area (TPSA) is 78.5 Å². The van der Waals surface area contributed by atoms with E-state index in [4.69, 9.17) is 16.3 Å².